The van der Waals surface area contributed by atoms with E-state index in [1.54, 1.807) is 0 Å². The number of anilines is 1. The van der Waals surface area contributed by atoms with Gasteiger partial charge in [-0.05, 0) is 43.0 Å². The number of carbonyl (C=O) groups excluding carboxylic acids is 1. The first-order valence-corrected chi connectivity index (χ1v) is 6.79. The van der Waals surface area contributed by atoms with Crippen LogP contribution in [-0.4, -0.2) is 19.0 Å². The first-order valence-electron chi connectivity index (χ1n) is 6.79. The Bertz CT molecular complexity index is 417. The zero-order valence-electron chi connectivity index (χ0n) is 11.2. The molecule has 0 bridgehead atoms. The molecule has 1 aromatic rings. The lowest BCUT2D eigenvalue weighted by molar-refractivity contribution is -0.120. The molecule has 1 aliphatic rings. The quantitative estimate of drug-likeness (QED) is 0.860. The Hall–Kier alpha value is -1.35. The topological polar surface area (TPSA) is 41.1 Å². The van der Waals surface area contributed by atoms with E-state index in [1.807, 2.05) is 12.1 Å². The van der Waals surface area contributed by atoms with Gasteiger partial charge in [-0.25, -0.2) is 0 Å². The second kappa shape index (κ2) is 6.01. The molecular formula is C15H22N2O. The summed E-state index contributed by atoms with van der Waals surface area (Å²) >= 11 is 0. The molecule has 2 atom stereocenters. The summed E-state index contributed by atoms with van der Waals surface area (Å²) in [6.07, 6.45) is 1.97. The van der Waals surface area contributed by atoms with Gasteiger partial charge in [-0.2, -0.15) is 0 Å². The third kappa shape index (κ3) is 3.33. The highest BCUT2D eigenvalue weighted by molar-refractivity contribution is 5.92. The number of nitrogens with one attached hydrogen (secondary N) is 2. The number of carbonyl (C=O) groups is 1. The predicted molar refractivity (Wildman–Crippen MR) is 74.6 cm³/mol. The highest BCUT2D eigenvalue weighted by Gasteiger charge is 2.24. The Morgan fingerprint density at radius 1 is 1.44 bits per heavy atom. The molecule has 1 fully saturated rings. The molecule has 0 aliphatic carbocycles. The van der Waals surface area contributed by atoms with Crippen LogP contribution in [0.4, 0.5) is 5.69 Å². The molecule has 18 heavy (non-hydrogen) atoms. The van der Waals surface area contributed by atoms with Gasteiger partial charge in [0, 0.05) is 12.2 Å². The van der Waals surface area contributed by atoms with E-state index in [2.05, 4.69) is 36.6 Å². The first kappa shape index (κ1) is 13.1. The van der Waals surface area contributed by atoms with Gasteiger partial charge in [0.15, 0.2) is 0 Å². The summed E-state index contributed by atoms with van der Waals surface area (Å²) in [5.41, 5.74) is 2.17. The molecule has 1 saturated heterocycles. The van der Waals surface area contributed by atoms with E-state index in [-0.39, 0.29) is 11.8 Å². The number of amides is 1. The molecule has 0 saturated carbocycles. The first-order chi connectivity index (χ1) is 8.69. The van der Waals surface area contributed by atoms with Crippen LogP contribution in [0.1, 0.15) is 25.8 Å². The van der Waals surface area contributed by atoms with Crippen molar-refractivity contribution >= 4 is 11.6 Å². The molecule has 2 rings (SSSR count). The molecule has 0 spiro atoms. The van der Waals surface area contributed by atoms with Gasteiger partial charge in [-0.15, -0.1) is 0 Å². The van der Waals surface area contributed by atoms with Crippen molar-refractivity contribution in [1.29, 1.82) is 0 Å². The molecule has 1 heterocycles. The van der Waals surface area contributed by atoms with Crippen LogP contribution in [0.25, 0.3) is 0 Å². The number of piperidine rings is 1. The number of benzene rings is 1. The Morgan fingerprint density at radius 2 is 2.28 bits per heavy atom. The smallest absolute Gasteiger partial charge is 0.228 e. The van der Waals surface area contributed by atoms with E-state index in [1.165, 1.54) is 5.56 Å². The summed E-state index contributed by atoms with van der Waals surface area (Å²) in [7, 11) is 0. The molecule has 3 heteroatoms. The Labute approximate surface area is 109 Å². The van der Waals surface area contributed by atoms with Gasteiger partial charge in [0.1, 0.15) is 0 Å². The number of hydrogen-bond acceptors (Lipinski definition) is 2. The van der Waals surface area contributed by atoms with Crippen LogP contribution in [0, 0.1) is 11.8 Å². The molecule has 3 nitrogen and oxygen atoms in total. The van der Waals surface area contributed by atoms with E-state index in [0.717, 1.165) is 31.6 Å². The summed E-state index contributed by atoms with van der Waals surface area (Å²) in [5, 5.41) is 6.34. The average molecular weight is 246 g/mol. The second-order valence-corrected chi connectivity index (χ2v) is 5.24. The summed E-state index contributed by atoms with van der Waals surface area (Å²) in [6.45, 7) is 6.12. The molecule has 1 aromatic carbocycles. The minimum atomic E-state index is 0.0963. The van der Waals surface area contributed by atoms with Crippen molar-refractivity contribution in [2.75, 3.05) is 18.4 Å². The molecule has 1 aliphatic heterocycles. The highest BCUT2D eigenvalue weighted by Crippen LogP contribution is 2.18. The lowest BCUT2D eigenvalue weighted by Gasteiger charge is -2.26. The molecule has 2 N–H and O–H groups in total. The van der Waals surface area contributed by atoms with E-state index < -0.39 is 0 Å². The number of rotatable bonds is 3. The van der Waals surface area contributed by atoms with Gasteiger partial charge in [0.2, 0.25) is 5.91 Å². The van der Waals surface area contributed by atoms with Crippen LogP contribution in [-0.2, 0) is 11.2 Å². The van der Waals surface area contributed by atoms with Crippen LogP contribution in [0.2, 0.25) is 0 Å². The molecule has 0 aromatic heterocycles. The van der Waals surface area contributed by atoms with Crippen molar-refractivity contribution < 1.29 is 4.79 Å². The van der Waals surface area contributed by atoms with Crippen LogP contribution in [0.5, 0.6) is 0 Å². The molecule has 2 unspecified atom stereocenters. The lowest BCUT2D eigenvalue weighted by atomic mass is 9.91. The van der Waals surface area contributed by atoms with E-state index in [9.17, 15) is 4.79 Å². The van der Waals surface area contributed by atoms with E-state index in [4.69, 9.17) is 0 Å². The van der Waals surface area contributed by atoms with E-state index in [0.29, 0.717) is 5.92 Å². The lowest BCUT2D eigenvalue weighted by Crippen LogP contribution is -2.40. The minimum Gasteiger partial charge on any atom is -0.326 e. The van der Waals surface area contributed by atoms with Crippen LogP contribution >= 0.6 is 0 Å². The van der Waals surface area contributed by atoms with E-state index >= 15 is 0 Å². The largest absolute Gasteiger partial charge is 0.326 e. The number of hydrogen-bond donors (Lipinski definition) is 2. The SMILES string of the molecule is CCc1cccc(NC(=O)C2CNCC(C)C2)c1. The van der Waals surface area contributed by atoms with Crippen LogP contribution < -0.4 is 10.6 Å². The van der Waals surface area contributed by atoms with Crippen molar-refractivity contribution in [3.05, 3.63) is 29.8 Å². The third-order valence-electron chi connectivity index (χ3n) is 3.54. The normalized spacial score (nSPS) is 23.7. The zero-order valence-corrected chi connectivity index (χ0v) is 11.2. The zero-order chi connectivity index (χ0) is 13.0. The van der Waals surface area contributed by atoms with Gasteiger partial charge in [0.05, 0.1) is 5.92 Å². The maximum atomic E-state index is 12.2. The summed E-state index contributed by atoms with van der Waals surface area (Å²) in [6, 6.07) is 8.09. The van der Waals surface area contributed by atoms with Gasteiger partial charge in [-0.1, -0.05) is 26.0 Å². The fourth-order valence-electron chi connectivity index (χ4n) is 2.47. The average Bonchev–Trinajstić information content (AvgIpc) is 2.39. The van der Waals surface area contributed by atoms with Gasteiger partial charge in [-0.3, -0.25) is 4.79 Å². The van der Waals surface area contributed by atoms with Crippen molar-refractivity contribution in [3.63, 3.8) is 0 Å². The Morgan fingerprint density at radius 3 is 3.00 bits per heavy atom. The fraction of sp³-hybridized carbons (Fsp3) is 0.533. The minimum absolute atomic E-state index is 0.0963. The highest BCUT2D eigenvalue weighted by atomic mass is 16.1. The fourth-order valence-corrected chi connectivity index (χ4v) is 2.47. The summed E-state index contributed by atoms with van der Waals surface area (Å²) < 4.78 is 0. The molecule has 1 amide bonds. The van der Waals surface area contributed by atoms with Gasteiger partial charge in [0.25, 0.3) is 0 Å². The van der Waals surface area contributed by atoms with Crippen molar-refractivity contribution in [2.45, 2.75) is 26.7 Å². The molecule has 0 radical (unpaired) electrons. The van der Waals surface area contributed by atoms with Crippen molar-refractivity contribution in [2.24, 2.45) is 11.8 Å². The van der Waals surface area contributed by atoms with Crippen LogP contribution in [0.15, 0.2) is 24.3 Å². The maximum Gasteiger partial charge on any atom is 0.228 e. The standard InChI is InChI=1S/C15H22N2O/c1-3-12-5-4-6-14(8-12)17-15(18)13-7-11(2)9-16-10-13/h4-6,8,11,13,16H,3,7,9-10H2,1-2H3,(H,17,18). The van der Waals surface area contributed by atoms with Gasteiger partial charge >= 0.3 is 0 Å². The molecular weight excluding hydrogens is 224 g/mol. The second-order valence-electron chi connectivity index (χ2n) is 5.24. The maximum absolute atomic E-state index is 12.2. The Balaban J connectivity index is 1.97. The number of aryl methyl sites for hydroxylation is 1. The van der Waals surface area contributed by atoms with Crippen LogP contribution in [0.3, 0.4) is 0 Å². The predicted octanol–water partition coefficient (Wildman–Crippen LogP) is 2.43. The summed E-state index contributed by atoms with van der Waals surface area (Å²) in [4.78, 5) is 12.2. The Kier molecular flexibility index (Phi) is 4.37. The van der Waals surface area contributed by atoms with Crippen molar-refractivity contribution in [1.82, 2.24) is 5.32 Å². The third-order valence-corrected chi connectivity index (χ3v) is 3.54. The summed E-state index contributed by atoms with van der Waals surface area (Å²) in [5.74, 6) is 0.817. The molecule has 98 valence electrons. The van der Waals surface area contributed by atoms with Crippen molar-refractivity contribution in [3.8, 4) is 0 Å². The monoisotopic (exact) mass is 246 g/mol. The van der Waals surface area contributed by atoms with Gasteiger partial charge < -0.3 is 10.6 Å².